The molecule has 4 heteroatoms. The summed E-state index contributed by atoms with van der Waals surface area (Å²) in [7, 11) is 1.63. The standard InChI is InChI=1S/C11H22N2O2/c1-15-9-11(14)8-12-4-6-13(7-5-12)10-2-3-10/h10-11,14H,2-9H2,1H3. The van der Waals surface area contributed by atoms with Gasteiger partial charge in [0, 0.05) is 45.9 Å². The molecule has 15 heavy (non-hydrogen) atoms. The fraction of sp³-hybridized carbons (Fsp3) is 1.00. The Morgan fingerprint density at radius 2 is 1.93 bits per heavy atom. The van der Waals surface area contributed by atoms with Crippen LogP contribution in [0, 0.1) is 0 Å². The number of nitrogens with zero attached hydrogens (tertiary/aromatic N) is 2. The van der Waals surface area contributed by atoms with Crippen molar-refractivity contribution >= 4 is 0 Å². The number of rotatable bonds is 5. The van der Waals surface area contributed by atoms with Crippen molar-refractivity contribution in [3.63, 3.8) is 0 Å². The Balaban J connectivity index is 1.64. The minimum Gasteiger partial charge on any atom is -0.389 e. The van der Waals surface area contributed by atoms with E-state index in [1.54, 1.807) is 7.11 Å². The van der Waals surface area contributed by atoms with E-state index >= 15 is 0 Å². The molecule has 0 aromatic carbocycles. The lowest BCUT2D eigenvalue weighted by Gasteiger charge is -2.35. The topological polar surface area (TPSA) is 35.9 Å². The molecule has 0 spiro atoms. The van der Waals surface area contributed by atoms with Gasteiger partial charge in [0.2, 0.25) is 0 Å². The highest BCUT2D eigenvalue weighted by molar-refractivity contribution is 4.87. The van der Waals surface area contributed by atoms with Crippen LogP contribution < -0.4 is 0 Å². The first kappa shape index (κ1) is 11.3. The van der Waals surface area contributed by atoms with Crippen LogP contribution in [0.2, 0.25) is 0 Å². The number of methoxy groups -OCH3 is 1. The van der Waals surface area contributed by atoms with Crippen LogP contribution in [0.15, 0.2) is 0 Å². The predicted octanol–water partition coefficient (Wildman–Crippen LogP) is -0.226. The summed E-state index contributed by atoms with van der Waals surface area (Å²) in [6.07, 6.45) is 2.46. The van der Waals surface area contributed by atoms with Gasteiger partial charge in [-0.2, -0.15) is 0 Å². The normalized spacial score (nSPS) is 26.8. The molecule has 88 valence electrons. The van der Waals surface area contributed by atoms with E-state index in [0.717, 1.165) is 25.7 Å². The van der Waals surface area contributed by atoms with E-state index in [1.807, 2.05) is 0 Å². The number of aliphatic hydroxyl groups is 1. The molecule has 1 aliphatic heterocycles. The van der Waals surface area contributed by atoms with Gasteiger partial charge >= 0.3 is 0 Å². The third kappa shape index (κ3) is 3.41. The van der Waals surface area contributed by atoms with E-state index in [9.17, 15) is 5.11 Å². The number of aliphatic hydroxyl groups excluding tert-OH is 1. The molecule has 1 saturated carbocycles. The summed E-state index contributed by atoms with van der Waals surface area (Å²) in [5, 5.41) is 9.61. The van der Waals surface area contributed by atoms with Crippen molar-refractivity contribution in [3.05, 3.63) is 0 Å². The van der Waals surface area contributed by atoms with Crippen molar-refractivity contribution in [2.24, 2.45) is 0 Å². The van der Waals surface area contributed by atoms with Crippen LogP contribution in [-0.2, 0) is 4.74 Å². The second-order valence-electron chi connectivity index (χ2n) is 4.68. The van der Waals surface area contributed by atoms with Crippen LogP contribution in [0.25, 0.3) is 0 Å². The Morgan fingerprint density at radius 1 is 1.27 bits per heavy atom. The maximum atomic E-state index is 9.61. The molecule has 2 aliphatic rings. The van der Waals surface area contributed by atoms with E-state index in [0.29, 0.717) is 6.61 Å². The number of β-amino-alcohol motifs (C(OH)–C–C–N with tert-alkyl or cyclic N) is 1. The zero-order valence-electron chi connectivity index (χ0n) is 9.56. The third-order valence-corrected chi connectivity index (χ3v) is 3.30. The van der Waals surface area contributed by atoms with Gasteiger partial charge in [0.05, 0.1) is 12.7 Å². The summed E-state index contributed by atoms with van der Waals surface area (Å²) in [6, 6.07) is 0.885. The Labute approximate surface area is 91.8 Å². The molecule has 0 bridgehead atoms. The molecule has 1 heterocycles. The highest BCUT2D eigenvalue weighted by atomic mass is 16.5. The van der Waals surface area contributed by atoms with Gasteiger partial charge in [-0.3, -0.25) is 9.80 Å². The molecule has 1 unspecified atom stereocenters. The average molecular weight is 214 g/mol. The number of hydrogen-bond donors (Lipinski definition) is 1. The molecule has 2 rings (SSSR count). The van der Waals surface area contributed by atoms with Crippen molar-refractivity contribution in [2.75, 3.05) is 46.4 Å². The van der Waals surface area contributed by atoms with E-state index in [4.69, 9.17) is 4.74 Å². The first-order chi connectivity index (χ1) is 7.29. The third-order valence-electron chi connectivity index (χ3n) is 3.30. The maximum Gasteiger partial charge on any atom is 0.0900 e. The second-order valence-corrected chi connectivity index (χ2v) is 4.68. The zero-order chi connectivity index (χ0) is 10.7. The van der Waals surface area contributed by atoms with Gasteiger partial charge in [0.25, 0.3) is 0 Å². The lowest BCUT2D eigenvalue weighted by molar-refractivity contribution is 0.0230. The fourth-order valence-electron chi connectivity index (χ4n) is 2.29. The lowest BCUT2D eigenvalue weighted by Crippen LogP contribution is -2.49. The Hall–Kier alpha value is -0.160. The second kappa shape index (κ2) is 5.25. The van der Waals surface area contributed by atoms with Crippen molar-refractivity contribution in [1.82, 2.24) is 9.80 Å². The summed E-state index contributed by atoms with van der Waals surface area (Å²) in [4.78, 5) is 4.92. The molecule has 1 atom stereocenters. The van der Waals surface area contributed by atoms with Gasteiger partial charge < -0.3 is 9.84 Å². The van der Waals surface area contributed by atoms with Crippen LogP contribution in [0.3, 0.4) is 0 Å². The first-order valence-electron chi connectivity index (χ1n) is 5.93. The van der Waals surface area contributed by atoms with Gasteiger partial charge in [-0.15, -0.1) is 0 Å². The van der Waals surface area contributed by atoms with Crippen molar-refractivity contribution in [1.29, 1.82) is 0 Å². The number of hydrogen-bond acceptors (Lipinski definition) is 4. The van der Waals surface area contributed by atoms with E-state index < -0.39 is 0 Å². The molecular weight excluding hydrogens is 192 g/mol. The Morgan fingerprint density at radius 3 is 2.47 bits per heavy atom. The molecule has 0 aromatic heterocycles. The number of piperazine rings is 1. The summed E-state index contributed by atoms with van der Waals surface area (Å²) in [6.45, 7) is 5.73. The van der Waals surface area contributed by atoms with Crippen LogP contribution in [0.1, 0.15) is 12.8 Å². The molecule has 2 fully saturated rings. The average Bonchev–Trinajstić information content (AvgIpc) is 3.03. The highest BCUT2D eigenvalue weighted by Crippen LogP contribution is 2.27. The van der Waals surface area contributed by atoms with Crippen LogP contribution in [-0.4, -0.2) is 73.5 Å². The molecule has 1 N–H and O–H groups in total. The summed E-state index contributed by atoms with van der Waals surface area (Å²) in [5.74, 6) is 0. The van der Waals surface area contributed by atoms with Gasteiger partial charge in [0.1, 0.15) is 0 Å². The molecule has 0 radical (unpaired) electrons. The van der Waals surface area contributed by atoms with E-state index in [1.165, 1.54) is 25.9 Å². The minimum atomic E-state index is -0.331. The van der Waals surface area contributed by atoms with E-state index in [2.05, 4.69) is 9.80 Å². The molecule has 1 aliphatic carbocycles. The van der Waals surface area contributed by atoms with Crippen LogP contribution >= 0.6 is 0 Å². The molecule has 0 amide bonds. The van der Waals surface area contributed by atoms with Crippen molar-refractivity contribution in [3.8, 4) is 0 Å². The number of ether oxygens (including phenoxy) is 1. The van der Waals surface area contributed by atoms with Gasteiger partial charge in [-0.25, -0.2) is 0 Å². The van der Waals surface area contributed by atoms with Crippen LogP contribution in [0.5, 0.6) is 0 Å². The Kier molecular flexibility index (Phi) is 3.97. The SMILES string of the molecule is COCC(O)CN1CCN(C2CC2)CC1. The molecule has 4 nitrogen and oxygen atoms in total. The monoisotopic (exact) mass is 214 g/mol. The van der Waals surface area contributed by atoms with Gasteiger partial charge in [-0.05, 0) is 12.8 Å². The lowest BCUT2D eigenvalue weighted by atomic mass is 10.2. The Bertz CT molecular complexity index is 189. The summed E-state index contributed by atoms with van der Waals surface area (Å²) < 4.78 is 4.93. The maximum absolute atomic E-state index is 9.61. The zero-order valence-corrected chi connectivity index (χ0v) is 9.56. The summed E-state index contributed by atoms with van der Waals surface area (Å²) >= 11 is 0. The van der Waals surface area contributed by atoms with Crippen LogP contribution in [0.4, 0.5) is 0 Å². The van der Waals surface area contributed by atoms with Gasteiger partial charge in [-0.1, -0.05) is 0 Å². The molecule has 0 aromatic rings. The van der Waals surface area contributed by atoms with Crippen molar-refractivity contribution < 1.29 is 9.84 Å². The summed E-state index contributed by atoms with van der Waals surface area (Å²) in [5.41, 5.74) is 0. The highest BCUT2D eigenvalue weighted by Gasteiger charge is 2.31. The van der Waals surface area contributed by atoms with Gasteiger partial charge in [0.15, 0.2) is 0 Å². The molecular formula is C11H22N2O2. The largest absolute Gasteiger partial charge is 0.389 e. The first-order valence-corrected chi connectivity index (χ1v) is 5.93. The quantitative estimate of drug-likeness (QED) is 0.686. The van der Waals surface area contributed by atoms with E-state index in [-0.39, 0.29) is 6.10 Å². The minimum absolute atomic E-state index is 0.331. The molecule has 1 saturated heterocycles. The van der Waals surface area contributed by atoms with Crippen molar-refractivity contribution in [2.45, 2.75) is 25.0 Å². The predicted molar refractivity (Wildman–Crippen MR) is 58.9 cm³/mol. The smallest absolute Gasteiger partial charge is 0.0900 e. The fourth-order valence-corrected chi connectivity index (χ4v) is 2.29.